The first-order chi connectivity index (χ1) is 8.74. The summed E-state index contributed by atoms with van der Waals surface area (Å²) in [4.78, 5) is 1.37. The van der Waals surface area contributed by atoms with Crippen LogP contribution in [0.3, 0.4) is 0 Å². The summed E-state index contributed by atoms with van der Waals surface area (Å²) in [6.45, 7) is 4.74. The summed E-state index contributed by atoms with van der Waals surface area (Å²) in [5.74, 6) is 0. The van der Waals surface area contributed by atoms with Crippen LogP contribution in [0.2, 0.25) is 0 Å². The summed E-state index contributed by atoms with van der Waals surface area (Å²) in [6.07, 6.45) is -4.22. The molecule has 1 aromatic carbocycles. The van der Waals surface area contributed by atoms with Crippen molar-refractivity contribution in [1.29, 1.82) is 0 Å². The Labute approximate surface area is 112 Å². The highest BCUT2D eigenvalue weighted by Gasteiger charge is 2.34. The Morgan fingerprint density at radius 1 is 1.32 bits per heavy atom. The lowest BCUT2D eigenvalue weighted by Gasteiger charge is -2.34. The van der Waals surface area contributed by atoms with Gasteiger partial charge in [0.25, 0.3) is 0 Å². The van der Waals surface area contributed by atoms with E-state index in [9.17, 15) is 13.2 Å². The predicted octanol–water partition coefficient (Wildman–Crippen LogP) is 3.27. The number of aryl methyl sites for hydroxylation is 1. The quantitative estimate of drug-likeness (QED) is 0.893. The highest BCUT2D eigenvalue weighted by Crippen LogP contribution is 2.28. The molecule has 0 fully saturated rings. The highest BCUT2D eigenvalue weighted by molar-refractivity contribution is 5.26. The fraction of sp³-hybridized carbons (Fsp3) is 0.571. The van der Waals surface area contributed by atoms with Crippen molar-refractivity contribution in [3.63, 3.8) is 0 Å². The van der Waals surface area contributed by atoms with Crippen molar-refractivity contribution in [1.82, 2.24) is 4.90 Å². The average Bonchev–Trinajstić information content (AvgIpc) is 2.26. The molecule has 19 heavy (non-hydrogen) atoms. The van der Waals surface area contributed by atoms with Crippen molar-refractivity contribution in [3.05, 3.63) is 35.4 Å². The van der Waals surface area contributed by atoms with Crippen LogP contribution >= 0.6 is 0 Å². The summed E-state index contributed by atoms with van der Waals surface area (Å²) in [5.41, 5.74) is 7.76. The third-order valence-corrected chi connectivity index (χ3v) is 3.06. The maximum absolute atomic E-state index is 12.6. The Morgan fingerprint density at radius 3 is 2.37 bits per heavy atom. The van der Waals surface area contributed by atoms with Crippen LogP contribution in [0.25, 0.3) is 0 Å². The normalized spacial score (nSPS) is 15.6. The Bertz CT molecular complexity index is 402. The molecule has 0 aliphatic rings. The van der Waals surface area contributed by atoms with Crippen LogP contribution < -0.4 is 5.73 Å². The van der Waals surface area contributed by atoms with Gasteiger partial charge in [-0.15, -0.1) is 0 Å². The number of alkyl halides is 3. The molecule has 1 rings (SSSR count). The zero-order chi connectivity index (χ0) is 14.6. The molecule has 2 unspecified atom stereocenters. The van der Waals surface area contributed by atoms with Gasteiger partial charge in [-0.05, 0) is 26.0 Å². The van der Waals surface area contributed by atoms with Crippen molar-refractivity contribution >= 4 is 0 Å². The minimum absolute atomic E-state index is 0.305. The van der Waals surface area contributed by atoms with Gasteiger partial charge in [0.1, 0.15) is 0 Å². The van der Waals surface area contributed by atoms with E-state index in [0.717, 1.165) is 11.1 Å². The smallest absolute Gasteiger partial charge is 0.326 e. The fourth-order valence-electron chi connectivity index (χ4n) is 2.34. The molecule has 1 aromatic rings. The Hall–Kier alpha value is -1.07. The number of hydrogen-bond donors (Lipinski definition) is 1. The number of likely N-dealkylation sites (N-methyl/N-ethyl adjacent to an activating group) is 1. The first kappa shape index (κ1) is 16.0. The molecule has 0 bridgehead atoms. The predicted molar refractivity (Wildman–Crippen MR) is 70.9 cm³/mol. The zero-order valence-corrected chi connectivity index (χ0v) is 11.5. The van der Waals surface area contributed by atoms with E-state index in [1.165, 1.54) is 4.90 Å². The van der Waals surface area contributed by atoms with Gasteiger partial charge in [-0.3, -0.25) is 4.90 Å². The van der Waals surface area contributed by atoms with Gasteiger partial charge in [0.05, 0.1) is 6.54 Å². The van der Waals surface area contributed by atoms with Crippen LogP contribution in [0, 0.1) is 6.92 Å². The van der Waals surface area contributed by atoms with E-state index in [1.54, 1.807) is 13.8 Å². The van der Waals surface area contributed by atoms with Gasteiger partial charge in [-0.25, -0.2) is 0 Å². The van der Waals surface area contributed by atoms with Gasteiger partial charge < -0.3 is 5.73 Å². The lowest BCUT2D eigenvalue weighted by Crippen LogP contribution is -2.43. The van der Waals surface area contributed by atoms with Crippen molar-refractivity contribution in [2.24, 2.45) is 5.73 Å². The van der Waals surface area contributed by atoms with E-state index < -0.39 is 18.8 Å². The second-order valence-corrected chi connectivity index (χ2v) is 4.90. The molecule has 0 aliphatic heterocycles. The van der Waals surface area contributed by atoms with Crippen LogP contribution in [-0.2, 0) is 0 Å². The van der Waals surface area contributed by atoms with Crippen LogP contribution in [0.4, 0.5) is 13.2 Å². The molecular weight excluding hydrogens is 253 g/mol. The number of nitrogens with zero attached hydrogens (tertiary/aromatic N) is 1. The zero-order valence-electron chi connectivity index (χ0n) is 11.5. The number of benzene rings is 1. The molecule has 0 aromatic heterocycles. The summed E-state index contributed by atoms with van der Waals surface area (Å²) in [6, 6.07) is 6.70. The molecule has 0 saturated carbocycles. The number of hydrogen-bond acceptors (Lipinski definition) is 2. The maximum atomic E-state index is 12.6. The van der Waals surface area contributed by atoms with Crippen LogP contribution in [0.1, 0.15) is 31.0 Å². The molecular formula is C14H21F3N2. The Balaban J connectivity index is 3.05. The minimum Gasteiger partial charge on any atom is -0.326 e. The van der Waals surface area contributed by atoms with Gasteiger partial charge >= 0.3 is 6.18 Å². The van der Waals surface area contributed by atoms with E-state index >= 15 is 0 Å². The Kier molecular flexibility index (Phi) is 5.38. The van der Waals surface area contributed by atoms with Crippen molar-refractivity contribution < 1.29 is 13.2 Å². The lowest BCUT2D eigenvalue weighted by atomic mass is 9.97. The largest absolute Gasteiger partial charge is 0.401 e. The van der Waals surface area contributed by atoms with Crippen molar-refractivity contribution in [3.8, 4) is 0 Å². The van der Waals surface area contributed by atoms with Crippen LogP contribution in [0.15, 0.2) is 24.3 Å². The molecule has 5 heteroatoms. The summed E-state index contributed by atoms with van der Waals surface area (Å²) in [7, 11) is 0. The first-order valence-corrected chi connectivity index (χ1v) is 6.37. The molecule has 2 N–H and O–H groups in total. The summed E-state index contributed by atoms with van der Waals surface area (Å²) in [5, 5.41) is 0. The fourth-order valence-corrected chi connectivity index (χ4v) is 2.34. The molecule has 0 saturated heterocycles. The second kappa shape index (κ2) is 6.39. The van der Waals surface area contributed by atoms with E-state index in [-0.39, 0.29) is 6.04 Å². The van der Waals surface area contributed by atoms with Crippen molar-refractivity contribution in [2.45, 2.75) is 39.0 Å². The SMILES string of the molecule is CCN(CC(F)(F)F)C(c1cccc(C)c1)C(C)N. The molecule has 0 spiro atoms. The maximum Gasteiger partial charge on any atom is 0.401 e. The van der Waals surface area contributed by atoms with Gasteiger partial charge in [0.15, 0.2) is 0 Å². The molecule has 0 aliphatic carbocycles. The third kappa shape index (κ3) is 4.84. The number of halogens is 3. The van der Waals surface area contributed by atoms with Gasteiger partial charge in [0, 0.05) is 12.1 Å². The van der Waals surface area contributed by atoms with E-state index in [0.29, 0.717) is 6.54 Å². The lowest BCUT2D eigenvalue weighted by molar-refractivity contribution is -0.151. The number of nitrogens with two attached hydrogens (primary N) is 1. The minimum atomic E-state index is -4.22. The summed E-state index contributed by atoms with van der Waals surface area (Å²) >= 11 is 0. The third-order valence-electron chi connectivity index (χ3n) is 3.06. The molecule has 0 amide bonds. The average molecular weight is 274 g/mol. The molecule has 0 radical (unpaired) electrons. The van der Waals surface area contributed by atoms with E-state index in [4.69, 9.17) is 5.73 Å². The van der Waals surface area contributed by atoms with Crippen LogP contribution in [0.5, 0.6) is 0 Å². The first-order valence-electron chi connectivity index (χ1n) is 6.37. The van der Waals surface area contributed by atoms with E-state index in [1.807, 2.05) is 31.2 Å². The number of rotatable bonds is 5. The molecule has 108 valence electrons. The van der Waals surface area contributed by atoms with Crippen LogP contribution in [-0.4, -0.2) is 30.2 Å². The topological polar surface area (TPSA) is 29.3 Å². The standard InChI is InChI=1S/C14H21F3N2/c1-4-19(9-14(15,16)17)13(11(3)18)12-7-5-6-10(2)8-12/h5-8,11,13H,4,9,18H2,1-3H3. The van der Waals surface area contributed by atoms with Gasteiger partial charge in [-0.1, -0.05) is 36.8 Å². The molecule has 2 nitrogen and oxygen atoms in total. The highest BCUT2D eigenvalue weighted by atomic mass is 19.4. The Morgan fingerprint density at radius 2 is 1.95 bits per heavy atom. The second-order valence-electron chi connectivity index (χ2n) is 4.90. The van der Waals surface area contributed by atoms with E-state index in [2.05, 4.69) is 0 Å². The molecule has 0 heterocycles. The monoisotopic (exact) mass is 274 g/mol. The van der Waals surface area contributed by atoms with Gasteiger partial charge in [-0.2, -0.15) is 13.2 Å². The summed E-state index contributed by atoms with van der Waals surface area (Å²) < 4.78 is 37.9. The molecule has 2 atom stereocenters. The van der Waals surface area contributed by atoms with Crippen molar-refractivity contribution in [2.75, 3.05) is 13.1 Å². The van der Waals surface area contributed by atoms with Gasteiger partial charge in [0.2, 0.25) is 0 Å².